The van der Waals surface area contributed by atoms with E-state index in [4.69, 9.17) is 4.74 Å². The van der Waals surface area contributed by atoms with E-state index in [9.17, 15) is 4.79 Å². The molecule has 2 fully saturated rings. The predicted octanol–water partition coefficient (Wildman–Crippen LogP) is 5.11. The van der Waals surface area contributed by atoms with Crippen LogP contribution in [0.5, 0.6) is 5.75 Å². The number of benzene rings is 2. The molecule has 2 aromatic rings. The maximum Gasteiger partial charge on any atom is 0.321 e. The third-order valence-electron chi connectivity index (χ3n) is 7.70. The largest absolute Gasteiger partial charge is 0.497 e. The lowest BCUT2D eigenvalue weighted by Crippen LogP contribution is -2.57. The molecule has 4 rings (SSSR count). The van der Waals surface area contributed by atoms with Gasteiger partial charge >= 0.3 is 6.03 Å². The first kappa shape index (κ1) is 22.7. The normalized spacial score (nSPS) is 25.9. The van der Waals surface area contributed by atoms with Crippen molar-refractivity contribution in [1.82, 2.24) is 14.7 Å². The molecular formula is C27H37N3O2. The summed E-state index contributed by atoms with van der Waals surface area (Å²) in [6.45, 7) is 5.75. The van der Waals surface area contributed by atoms with Gasteiger partial charge in [-0.25, -0.2) is 4.79 Å². The van der Waals surface area contributed by atoms with Crippen molar-refractivity contribution in [2.75, 3.05) is 27.7 Å². The van der Waals surface area contributed by atoms with E-state index in [0.29, 0.717) is 6.54 Å². The molecular weight excluding hydrogens is 398 g/mol. The van der Waals surface area contributed by atoms with Crippen LogP contribution in [0.2, 0.25) is 0 Å². The molecule has 1 aliphatic heterocycles. The summed E-state index contributed by atoms with van der Waals surface area (Å²) in [4.78, 5) is 20.1. The Morgan fingerprint density at radius 2 is 1.59 bits per heavy atom. The number of methoxy groups -OCH3 is 1. The Labute approximate surface area is 193 Å². The van der Waals surface area contributed by atoms with Gasteiger partial charge in [0.05, 0.1) is 12.6 Å². The summed E-state index contributed by atoms with van der Waals surface area (Å²) in [6.07, 6.45) is 4.14. The summed E-state index contributed by atoms with van der Waals surface area (Å²) in [5, 5.41) is 0. The van der Waals surface area contributed by atoms with Gasteiger partial charge in [0.2, 0.25) is 0 Å². The fraction of sp³-hybridized carbons (Fsp3) is 0.519. The highest BCUT2D eigenvalue weighted by atomic mass is 16.5. The number of carbonyl (C=O) groups is 1. The Morgan fingerprint density at radius 1 is 0.969 bits per heavy atom. The fourth-order valence-electron chi connectivity index (χ4n) is 5.97. The minimum Gasteiger partial charge on any atom is -0.497 e. The van der Waals surface area contributed by atoms with Gasteiger partial charge in [0.25, 0.3) is 0 Å². The smallest absolute Gasteiger partial charge is 0.321 e. The molecule has 5 heteroatoms. The molecule has 5 nitrogen and oxygen atoms in total. The van der Waals surface area contributed by atoms with Crippen molar-refractivity contribution in [3.8, 4) is 5.75 Å². The second-order valence-electron chi connectivity index (χ2n) is 9.97. The van der Waals surface area contributed by atoms with Gasteiger partial charge < -0.3 is 14.5 Å². The first-order valence-corrected chi connectivity index (χ1v) is 11.8. The molecule has 1 heterocycles. The molecule has 2 amide bonds. The lowest BCUT2D eigenvalue weighted by Gasteiger charge is -2.51. The van der Waals surface area contributed by atoms with E-state index >= 15 is 0 Å². The quantitative estimate of drug-likeness (QED) is 0.632. The number of hydrogen-bond acceptors (Lipinski definition) is 3. The molecule has 32 heavy (non-hydrogen) atoms. The van der Waals surface area contributed by atoms with Crippen LogP contribution >= 0.6 is 0 Å². The number of amides is 2. The third kappa shape index (κ3) is 3.88. The minimum atomic E-state index is -0.0913. The van der Waals surface area contributed by atoms with Gasteiger partial charge in [-0.2, -0.15) is 0 Å². The predicted molar refractivity (Wildman–Crippen MR) is 129 cm³/mol. The Balaban J connectivity index is 1.57. The lowest BCUT2D eigenvalue weighted by atomic mass is 9.68. The third-order valence-corrected chi connectivity index (χ3v) is 7.70. The maximum absolute atomic E-state index is 13.5. The van der Waals surface area contributed by atoms with E-state index < -0.39 is 0 Å². The highest BCUT2D eigenvalue weighted by Gasteiger charge is 2.55. The van der Waals surface area contributed by atoms with Crippen LogP contribution in [0, 0.1) is 0 Å². The first-order chi connectivity index (χ1) is 15.3. The number of rotatable bonds is 6. The van der Waals surface area contributed by atoms with E-state index in [1.165, 1.54) is 5.56 Å². The summed E-state index contributed by atoms with van der Waals surface area (Å²) >= 11 is 0. The van der Waals surface area contributed by atoms with Crippen molar-refractivity contribution in [3.05, 3.63) is 65.7 Å². The zero-order valence-corrected chi connectivity index (χ0v) is 20.2. The van der Waals surface area contributed by atoms with Crippen molar-refractivity contribution in [2.45, 2.75) is 63.2 Å². The number of hydrogen-bond donors (Lipinski definition) is 0. The summed E-state index contributed by atoms with van der Waals surface area (Å²) in [5.41, 5.74) is 2.46. The molecule has 2 aliphatic rings. The molecule has 0 bridgehead atoms. The van der Waals surface area contributed by atoms with Crippen molar-refractivity contribution in [2.24, 2.45) is 0 Å². The Morgan fingerprint density at radius 3 is 2.12 bits per heavy atom. The van der Waals surface area contributed by atoms with Crippen LogP contribution in [-0.4, -0.2) is 60.1 Å². The molecule has 1 spiro atoms. The van der Waals surface area contributed by atoms with Crippen molar-refractivity contribution < 1.29 is 9.53 Å². The van der Waals surface area contributed by atoms with Crippen molar-refractivity contribution in [3.63, 3.8) is 0 Å². The van der Waals surface area contributed by atoms with Gasteiger partial charge in [-0.15, -0.1) is 0 Å². The number of carbonyl (C=O) groups excluding carboxylic acids is 1. The highest BCUT2D eigenvalue weighted by Crippen LogP contribution is 2.49. The summed E-state index contributed by atoms with van der Waals surface area (Å²) in [7, 11) is 6.07. The van der Waals surface area contributed by atoms with Crippen LogP contribution in [-0.2, 0) is 12.1 Å². The molecule has 0 atom stereocenters. The zero-order valence-electron chi connectivity index (χ0n) is 20.2. The molecule has 172 valence electrons. The van der Waals surface area contributed by atoms with Crippen molar-refractivity contribution >= 4 is 6.03 Å². The zero-order chi connectivity index (χ0) is 22.9. The summed E-state index contributed by atoms with van der Waals surface area (Å²) in [5.74, 6) is 0.843. The lowest BCUT2D eigenvalue weighted by molar-refractivity contribution is 0.0155. The summed E-state index contributed by atoms with van der Waals surface area (Å²) in [6, 6.07) is 19.3. The van der Waals surface area contributed by atoms with Crippen LogP contribution in [0.1, 0.15) is 50.7 Å². The van der Waals surface area contributed by atoms with Gasteiger partial charge in [0.1, 0.15) is 5.75 Å². The SMILES string of the molecule is COc1ccc(CN2C[C@]3(CC[C@@](c4ccccc4)(N(C)C)CC3)N(C(C)C)C2=O)cc1. The summed E-state index contributed by atoms with van der Waals surface area (Å²) < 4.78 is 5.28. The van der Waals surface area contributed by atoms with E-state index in [1.54, 1.807) is 7.11 Å². The topological polar surface area (TPSA) is 36.0 Å². The van der Waals surface area contributed by atoms with Crippen LogP contribution in [0.15, 0.2) is 54.6 Å². The number of nitrogens with zero attached hydrogens (tertiary/aromatic N) is 3. The second-order valence-corrected chi connectivity index (χ2v) is 9.97. The van der Waals surface area contributed by atoms with Gasteiger partial charge in [-0.3, -0.25) is 4.90 Å². The molecule has 0 radical (unpaired) electrons. The number of urea groups is 1. The monoisotopic (exact) mass is 435 g/mol. The van der Waals surface area contributed by atoms with Gasteiger partial charge in [0.15, 0.2) is 0 Å². The van der Waals surface area contributed by atoms with Crippen LogP contribution < -0.4 is 4.74 Å². The second kappa shape index (κ2) is 8.78. The Kier molecular flexibility index (Phi) is 6.22. The Bertz CT molecular complexity index is 916. The van der Waals surface area contributed by atoms with Gasteiger partial charge in [0, 0.05) is 24.7 Å². The van der Waals surface area contributed by atoms with Crippen LogP contribution in [0.3, 0.4) is 0 Å². The van der Waals surface area contributed by atoms with Crippen LogP contribution in [0.25, 0.3) is 0 Å². The van der Waals surface area contributed by atoms with E-state index in [-0.39, 0.29) is 23.2 Å². The van der Waals surface area contributed by atoms with E-state index in [2.05, 4.69) is 80.2 Å². The van der Waals surface area contributed by atoms with E-state index in [1.807, 2.05) is 17.0 Å². The minimum absolute atomic E-state index is 0.0294. The standard InChI is InChI=1S/C27H37N3O2/c1-21(2)30-25(31)29(19-22-11-13-24(32-5)14-12-22)20-26(30)15-17-27(18-16-26,28(3)4)23-9-7-6-8-10-23/h6-14,21H,15-20H2,1-5H3/t26-,27-. The average molecular weight is 436 g/mol. The fourth-order valence-corrected chi connectivity index (χ4v) is 5.97. The molecule has 0 aromatic heterocycles. The van der Waals surface area contributed by atoms with Gasteiger partial charge in [-0.1, -0.05) is 42.5 Å². The van der Waals surface area contributed by atoms with Gasteiger partial charge in [-0.05, 0) is 76.9 Å². The molecule has 0 N–H and O–H groups in total. The first-order valence-electron chi connectivity index (χ1n) is 11.8. The highest BCUT2D eigenvalue weighted by molar-refractivity contribution is 5.78. The maximum atomic E-state index is 13.5. The molecule has 2 aromatic carbocycles. The molecule has 0 unspecified atom stereocenters. The molecule has 1 saturated heterocycles. The van der Waals surface area contributed by atoms with E-state index in [0.717, 1.165) is 43.5 Å². The van der Waals surface area contributed by atoms with Crippen LogP contribution in [0.4, 0.5) is 4.79 Å². The number of ether oxygens (including phenoxy) is 1. The molecule has 1 aliphatic carbocycles. The van der Waals surface area contributed by atoms with Crippen molar-refractivity contribution in [1.29, 1.82) is 0 Å². The average Bonchev–Trinajstić information content (AvgIpc) is 3.06. The molecule has 1 saturated carbocycles. The Hall–Kier alpha value is -2.53.